The van der Waals surface area contributed by atoms with Gasteiger partial charge in [0.05, 0.1) is 21.6 Å². The van der Waals surface area contributed by atoms with Crippen molar-refractivity contribution < 1.29 is 14.3 Å². The predicted octanol–water partition coefficient (Wildman–Crippen LogP) is 2.26. The van der Waals surface area contributed by atoms with Gasteiger partial charge in [0.2, 0.25) is 5.43 Å². The lowest BCUT2D eigenvalue weighted by Gasteiger charge is -2.35. The van der Waals surface area contributed by atoms with E-state index in [0.29, 0.717) is 25.2 Å². The summed E-state index contributed by atoms with van der Waals surface area (Å²) in [5.74, 6) is -1.95. The zero-order valence-corrected chi connectivity index (χ0v) is 14.8. The van der Waals surface area contributed by atoms with Crippen molar-refractivity contribution in [1.82, 2.24) is 9.47 Å². The van der Waals surface area contributed by atoms with Gasteiger partial charge in [0.15, 0.2) is 0 Å². The number of hydrogen-bond acceptors (Lipinski definition) is 4. The zero-order chi connectivity index (χ0) is 18.3. The molecule has 0 unspecified atom stereocenters. The molecule has 0 spiro atoms. The summed E-state index contributed by atoms with van der Waals surface area (Å²) in [7, 11) is 2.00. The lowest BCUT2D eigenvalue weighted by molar-refractivity contribution is 0.0695. The van der Waals surface area contributed by atoms with Gasteiger partial charge in [-0.05, 0) is 20.0 Å². The molecule has 0 amide bonds. The quantitative estimate of drug-likeness (QED) is 0.901. The van der Waals surface area contributed by atoms with Gasteiger partial charge in [-0.15, -0.1) is 0 Å². The Morgan fingerprint density at radius 2 is 1.96 bits per heavy atom. The number of aromatic nitrogens is 1. The van der Waals surface area contributed by atoms with Crippen LogP contribution in [0.3, 0.4) is 0 Å². The molecule has 0 saturated carbocycles. The Labute approximate surface area is 149 Å². The van der Waals surface area contributed by atoms with Crippen LogP contribution in [0.15, 0.2) is 17.1 Å². The maximum Gasteiger partial charge on any atom is 0.341 e. The molecule has 0 aliphatic carbocycles. The molecule has 1 fully saturated rings. The van der Waals surface area contributed by atoms with Crippen LogP contribution < -0.4 is 10.3 Å². The lowest BCUT2D eigenvalue weighted by atomic mass is 10.1. The van der Waals surface area contributed by atoms with E-state index in [2.05, 4.69) is 4.90 Å². The van der Waals surface area contributed by atoms with Gasteiger partial charge >= 0.3 is 5.97 Å². The van der Waals surface area contributed by atoms with E-state index in [4.69, 9.17) is 11.6 Å². The van der Waals surface area contributed by atoms with Crippen LogP contribution in [0.1, 0.15) is 17.3 Å². The number of piperazine rings is 1. The van der Waals surface area contributed by atoms with E-state index >= 15 is 0 Å². The molecule has 1 saturated heterocycles. The Morgan fingerprint density at radius 1 is 1.32 bits per heavy atom. The maximum atomic E-state index is 14.8. The molecule has 1 aromatic heterocycles. The number of aryl methyl sites for hydroxylation is 1. The number of carboxylic acids is 1. The molecular weight excluding hydrogens is 349 g/mol. The summed E-state index contributed by atoms with van der Waals surface area (Å²) in [4.78, 5) is 27.7. The average molecular weight is 368 g/mol. The van der Waals surface area contributed by atoms with Crippen LogP contribution in [0.2, 0.25) is 5.02 Å². The van der Waals surface area contributed by atoms with Gasteiger partial charge < -0.3 is 19.5 Å². The first-order valence-corrected chi connectivity index (χ1v) is 8.44. The fourth-order valence-corrected chi connectivity index (χ4v) is 3.62. The normalized spacial score (nSPS) is 15.8. The van der Waals surface area contributed by atoms with Gasteiger partial charge in [0.25, 0.3) is 0 Å². The highest BCUT2D eigenvalue weighted by molar-refractivity contribution is 6.38. The van der Waals surface area contributed by atoms with Crippen molar-refractivity contribution in [1.29, 1.82) is 0 Å². The second-order valence-corrected chi connectivity index (χ2v) is 6.55. The molecular formula is C17H19ClFN3O3. The van der Waals surface area contributed by atoms with Crippen molar-refractivity contribution in [3.8, 4) is 0 Å². The van der Waals surface area contributed by atoms with E-state index in [1.54, 1.807) is 4.57 Å². The van der Waals surface area contributed by atoms with Crippen molar-refractivity contribution in [2.24, 2.45) is 0 Å². The van der Waals surface area contributed by atoms with Crippen LogP contribution in [0.25, 0.3) is 10.9 Å². The van der Waals surface area contributed by atoms with Gasteiger partial charge in [-0.25, -0.2) is 9.18 Å². The summed E-state index contributed by atoms with van der Waals surface area (Å²) in [6, 6.07) is 1.11. The lowest BCUT2D eigenvalue weighted by Crippen LogP contribution is -2.45. The third kappa shape index (κ3) is 2.98. The second kappa shape index (κ2) is 6.65. The fourth-order valence-electron chi connectivity index (χ4n) is 3.20. The molecule has 0 radical (unpaired) electrons. The number of carbonyl (C=O) groups is 1. The van der Waals surface area contributed by atoms with E-state index < -0.39 is 22.8 Å². The molecule has 2 aromatic rings. The van der Waals surface area contributed by atoms with Crippen molar-refractivity contribution in [3.63, 3.8) is 0 Å². The Morgan fingerprint density at radius 3 is 2.52 bits per heavy atom. The molecule has 1 aliphatic heterocycles. The Kier molecular flexibility index (Phi) is 4.71. The van der Waals surface area contributed by atoms with Gasteiger partial charge in [-0.2, -0.15) is 0 Å². The molecule has 2 heterocycles. The van der Waals surface area contributed by atoms with E-state index in [1.165, 1.54) is 6.20 Å². The van der Waals surface area contributed by atoms with Crippen LogP contribution in [-0.2, 0) is 6.54 Å². The SMILES string of the molecule is CCn1cc(C(=O)O)c(=O)c2cc(F)c(N3CCN(C)CC3)c(Cl)c21. The van der Waals surface area contributed by atoms with Crippen LogP contribution in [0.4, 0.5) is 10.1 Å². The second-order valence-electron chi connectivity index (χ2n) is 6.17. The van der Waals surface area contributed by atoms with Gasteiger partial charge in [-0.3, -0.25) is 4.79 Å². The Bertz CT molecular complexity index is 904. The third-order valence-electron chi connectivity index (χ3n) is 4.62. The molecule has 25 heavy (non-hydrogen) atoms. The zero-order valence-electron chi connectivity index (χ0n) is 14.1. The van der Waals surface area contributed by atoms with Gasteiger partial charge in [0, 0.05) is 38.9 Å². The number of nitrogens with zero attached hydrogens (tertiary/aromatic N) is 3. The number of halogens is 2. The summed E-state index contributed by atoms with van der Waals surface area (Å²) in [5.41, 5.74) is -0.475. The molecule has 0 bridgehead atoms. The maximum absolute atomic E-state index is 14.8. The predicted molar refractivity (Wildman–Crippen MR) is 95.5 cm³/mol. The minimum Gasteiger partial charge on any atom is -0.477 e. The Hall–Kier alpha value is -2.12. The number of hydrogen-bond donors (Lipinski definition) is 1. The number of carboxylic acid groups (broad SMARTS) is 1. The van der Waals surface area contributed by atoms with Gasteiger partial charge in [-0.1, -0.05) is 11.6 Å². The first kappa shape index (κ1) is 17.7. The largest absolute Gasteiger partial charge is 0.477 e. The molecule has 8 heteroatoms. The van der Waals surface area contributed by atoms with E-state index in [-0.39, 0.29) is 16.1 Å². The van der Waals surface area contributed by atoms with Crippen LogP contribution >= 0.6 is 11.6 Å². The molecule has 3 rings (SSSR count). The van der Waals surface area contributed by atoms with Crippen LogP contribution in [-0.4, -0.2) is 53.8 Å². The number of aromatic carboxylic acids is 1. The summed E-state index contributed by atoms with van der Waals surface area (Å²) in [6.45, 7) is 5.04. The fraction of sp³-hybridized carbons (Fsp3) is 0.412. The summed E-state index contributed by atoms with van der Waals surface area (Å²) in [6.07, 6.45) is 1.27. The standard InChI is InChI=1S/C17H19ClFN3O3/c1-3-21-9-11(17(24)25)16(23)10-8-12(19)15(13(18)14(10)21)22-6-4-20(2)5-7-22/h8-9H,3-7H2,1-2H3,(H,24,25). The first-order valence-electron chi connectivity index (χ1n) is 8.07. The number of benzene rings is 1. The van der Waals surface area contributed by atoms with E-state index in [1.807, 2.05) is 18.9 Å². The molecule has 1 aromatic carbocycles. The van der Waals surface area contributed by atoms with E-state index in [0.717, 1.165) is 19.2 Å². The number of anilines is 1. The summed E-state index contributed by atoms with van der Waals surface area (Å²) < 4.78 is 16.4. The topological polar surface area (TPSA) is 65.8 Å². The molecule has 1 N–H and O–H groups in total. The van der Waals surface area contributed by atoms with Crippen LogP contribution in [0, 0.1) is 5.82 Å². The highest BCUT2D eigenvalue weighted by Gasteiger charge is 2.25. The number of likely N-dealkylation sites (N-methyl/N-ethyl adjacent to an activating group) is 1. The van der Waals surface area contributed by atoms with Crippen molar-refractivity contribution >= 4 is 34.2 Å². The molecule has 0 atom stereocenters. The van der Waals surface area contributed by atoms with E-state index in [9.17, 15) is 19.1 Å². The first-order chi connectivity index (χ1) is 11.8. The van der Waals surface area contributed by atoms with Crippen LogP contribution in [0.5, 0.6) is 0 Å². The van der Waals surface area contributed by atoms with Crippen molar-refractivity contribution in [2.45, 2.75) is 13.5 Å². The van der Waals surface area contributed by atoms with Crippen molar-refractivity contribution in [3.05, 3.63) is 38.9 Å². The van der Waals surface area contributed by atoms with Crippen molar-refractivity contribution in [2.75, 3.05) is 38.1 Å². The monoisotopic (exact) mass is 367 g/mol. The van der Waals surface area contributed by atoms with Gasteiger partial charge in [0.1, 0.15) is 11.4 Å². The minimum atomic E-state index is -1.34. The highest BCUT2D eigenvalue weighted by atomic mass is 35.5. The summed E-state index contributed by atoms with van der Waals surface area (Å²) in [5, 5.41) is 9.35. The molecule has 6 nitrogen and oxygen atoms in total. The Balaban J connectivity index is 2.28. The average Bonchev–Trinajstić information content (AvgIpc) is 2.57. The summed E-state index contributed by atoms with van der Waals surface area (Å²) >= 11 is 6.50. The number of pyridine rings is 1. The molecule has 1 aliphatic rings. The highest BCUT2D eigenvalue weighted by Crippen LogP contribution is 2.36. The minimum absolute atomic E-state index is 0.0119. The molecule has 134 valence electrons. The number of rotatable bonds is 3. The number of fused-ring (bicyclic) bond motifs is 1. The third-order valence-corrected chi connectivity index (χ3v) is 4.98. The smallest absolute Gasteiger partial charge is 0.341 e.